The number of fused-ring (bicyclic) bond motifs is 1. The van der Waals surface area contributed by atoms with Gasteiger partial charge in [0.15, 0.2) is 11.6 Å². The fourth-order valence-electron chi connectivity index (χ4n) is 4.47. The van der Waals surface area contributed by atoms with E-state index in [1.807, 2.05) is 12.1 Å². The molecule has 0 aliphatic carbocycles. The van der Waals surface area contributed by atoms with Gasteiger partial charge in [0, 0.05) is 54.0 Å². The van der Waals surface area contributed by atoms with Gasteiger partial charge in [-0.2, -0.15) is 0 Å². The SMILES string of the molecule is CN(CCCCCCC(N)=O)Cc1cc2nc(-c3cccc(N)c3C=N)nc(N3CCOCC3)c2s1. The maximum atomic E-state index is 10.9. The van der Waals surface area contributed by atoms with Crippen molar-refractivity contribution in [2.75, 3.05) is 50.5 Å². The zero-order valence-corrected chi connectivity index (χ0v) is 21.6. The molecule has 36 heavy (non-hydrogen) atoms. The van der Waals surface area contributed by atoms with Gasteiger partial charge in [-0.3, -0.25) is 4.79 Å². The van der Waals surface area contributed by atoms with Gasteiger partial charge in [-0.05, 0) is 38.6 Å². The van der Waals surface area contributed by atoms with E-state index in [0.29, 0.717) is 36.7 Å². The van der Waals surface area contributed by atoms with Crippen LogP contribution in [0.25, 0.3) is 21.6 Å². The summed E-state index contributed by atoms with van der Waals surface area (Å²) in [6, 6.07) is 7.75. The number of nitrogens with one attached hydrogen (secondary N) is 1. The predicted molar refractivity (Wildman–Crippen MR) is 147 cm³/mol. The van der Waals surface area contributed by atoms with Crippen LogP contribution in [0.5, 0.6) is 0 Å². The number of nitrogen functional groups attached to an aromatic ring is 1. The minimum atomic E-state index is -0.218. The summed E-state index contributed by atoms with van der Waals surface area (Å²) in [5.41, 5.74) is 14.2. The Morgan fingerprint density at radius 3 is 2.75 bits per heavy atom. The number of primary amides is 1. The second-order valence-electron chi connectivity index (χ2n) is 9.22. The maximum absolute atomic E-state index is 10.9. The zero-order valence-electron chi connectivity index (χ0n) is 20.8. The summed E-state index contributed by atoms with van der Waals surface area (Å²) in [6.07, 6.45) is 5.83. The molecule has 3 heterocycles. The third-order valence-corrected chi connectivity index (χ3v) is 7.48. The minimum absolute atomic E-state index is 0.218. The first-order valence-electron chi connectivity index (χ1n) is 12.5. The van der Waals surface area contributed by atoms with Crippen molar-refractivity contribution >= 4 is 45.2 Å². The number of thiophene rings is 1. The van der Waals surface area contributed by atoms with E-state index in [1.54, 1.807) is 17.4 Å². The number of ether oxygens (including phenoxy) is 1. The zero-order chi connectivity index (χ0) is 25.5. The molecule has 1 amide bonds. The van der Waals surface area contributed by atoms with Crippen LogP contribution in [0.4, 0.5) is 11.5 Å². The van der Waals surface area contributed by atoms with Crippen LogP contribution in [0.1, 0.15) is 42.5 Å². The molecule has 1 saturated heterocycles. The third kappa shape index (κ3) is 6.37. The van der Waals surface area contributed by atoms with Gasteiger partial charge in [0.05, 0.1) is 23.4 Å². The number of nitrogens with two attached hydrogens (primary N) is 2. The number of carbonyl (C=O) groups is 1. The van der Waals surface area contributed by atoms with Crippen molar-refractivity contribution in [3.05, 3.63) is 34.7 Å². The number of unbranched alkanes of at least 4 members (excludes halogenated alkanes) is 3. The number of anilines is 2. The molecule has 5 N–H and O–H groups in total. The van der Waals surface area contributed by atoms with Gasteiger partial charge in [0.25, 0.3) is 0 Å². The first-order valence-corrected chi connectivity index (χ1v) is 13.3. The number of aromatic nitrogens is 2. The van der Waals surface area contributed by atoms with E-state index in [2.05, 4.69) is 22.9 Å². The Hall–Kier alpha value is -3.08. The van der Waals surface area contributed by atoms with E-state index in [9.17, 15) is 4.79 Å². The summed E-state index contributed by atoms with van der Waals surface area (Å²) in [5.74, 6) is 1.29. The molecule has 1 fully saturated rings. The number of hydrogen-bond acceptors (Lipinski definition) is 9. The third-order valence-electron chi connectivity index (χ3n) is 6.38. The Bertz CT molecular complexity index is 1210. The van der Waals surface area contributed by atoms with E-state index < -0.39 is 0 Å². The number of benzene rings is 1. The molecule has 0 saturated carbocycles. The second kappa shape index (κ2) is 12.2. The molecule has 10 heteroatoms. The molecule has 2 aromatic heterocycles. The Balaban J connectivity index is 1.56. The summed E-state index contributed by atoms with van der Waals surface area (Å²) in [7, 11) is 2.14. The topological polar surface area (TPSA) is 134 Å². The van der Waals surface area contributed by atoms with Crippen LogP contribution in [0.2, 0.25) is 0 Å². The minimum Gasteiger partial charge on any atom is -0.398 e. The molecule has 0 radical (unpaired) electrons. The second-order valence-corrected chi connectivity index (χ2v) is 10.4. The van der Waals surface area contributed by atoms with Gasteiger partial charge in [-0.1, -0.05) is 25.0 Å². The maximum Gasteiger partial charge on any atom is 0.217 e. The normalized spacial score (nSPS) is 14.0. The van der Waals surface area contributed by atoms with Crippen molar-refractivity contribution in [2.24, 2.45) is 5.73 Å². The lowest BCUT2D eigenvalue weighted by Crippen LogP contribution is -2.36. The van der Waals surface area contributed by atoms with Gasteiger partial charge < -0.3 is 31.4 Å². The molecule has 1 aliphatic heterocycles. The Kier molecular flexibility index (Phi) is 8.84. The molecule has 3 aromatic rings. The molecule has 192 valence electrons. The largest absolute Gasteiger partial charge is 0.398 e. The lowest BCUT2D eigenvalue weighted by atomic mass is 10.1. The summed E-state index contributed by atoms with van der Waals surface area (Å²) in [4.78, 5) is 26.6. The predicted octanol–water partition coefficient (Wildman–Crippen LogP) is 3.64. The lowest BCUT2D eigenvalue weighted by Gasteiger charge is -2.28. The average molecular weight is 510 g/mol. The molecule has 4 rings (SSSR count). The molecule has 0 atom stereocenters. The van der Waals surface area contributed by atoms with Crippen LogP contribution in [0, 0.1) is 5.41 Å². The highest BCUT2D eigenvalue weighted by Gasteiger charge is 2.21. The fourth-order valence-corrected chi connectivity index (χ4v) is 5.66. The van der Waals surface area contributed by atoms with Gasteiger partial charge in [-0.15, -0.1) is 11.3 Å². The summed E-state index contributed by atoms with van der Waals surface area (Å²) < 4.78 is 6.65. The van der Waals surface area contributed by atoms with E-state index in [-0.39, 0.29) is 5.91 Å². The summed E-state index contributed by atoms with van der Waals surface area (Å²) in [6.45, 7) is 4.73. The summed E-state index contributed by atoms with van der Waals surface area (Å²) in [5, 5.41) is 7.87. The number of morpholine rings is 1. The number of rotatable bonds is 12. The molecule has 0 spiro atoms. The highest BCUT2D eigenvalue weighted by atomic mass is 32.1. The van der Waals surface area contributed by atoms with Gasteiger partial charge in [-0.25, -0.2) is 9.97 Å². The monoisotopic (exact) mass is 509 g/mol. The molecule has 1 aromatic carbocycles. The van der Waals surface area contributed by atoms with Crippen LogP contribution < -0.4 is 16.4 Å². The van der Waals surface area contributed by atoms with Crippen molar-refractivity contribution in [2.45, 2.75) is 38.6 Å². The Morgan fingerprint density at radius 2 is 2.00 bits per heavy atom. The van der Waals surface area contributed by atoms with E-state index in [4.69, 9.17) is 31.6 Å². The molecule has 9 nitrogen and oxygen atoms in total. The molecule has 0 bridgehead atoms. The van der Waals surface area contributed by atoms with E-state index in [1.165, 1.54) is 11.1 Å². The van der Waals surface area contributed by atoms with Crippen molar-refractivity contribution in [3.8, 4) is 11.4 Å². The van der Waals surface area contributed by atoms with Gasteiger partial charge in [0.2, 0.25) is 5.91 Å². The van der Waals surface area contributed by atoms with Crippen LogP contribution in [-0.4, -0.2) is 66.9 Å². The fraction of sp³-hybridized carbons (Fsp3) is 0.462. The average Bonchev–Trinajstić information content (AvgIpc) is 3.27. The van der Waals surface area contributed by atoms with Gasteiger partial charge >= 0.3 is 0 Å². The molecular formula is C26H35N7O2S. The Morgan fingerprint density at radius 1 is 1.22 bits per heavy atom. The van der Waals surface area contributed by atoms with Crippen molar-refractivity contribution < 1.29 is 9.53 Å². The van der Waals surface area contributed by atoms with Crippen LogP contribution in [0.3, 0.4) is 0 Å². The standard InChI is InChI=1S/C26H35N7O2S/c1-32(10-5-3-2-4-9-23(29)34)17-18-15-22-24(36-18)26(33-11-13-35-14-12-33)31-25(30-22)19-7-6-8-21(28)20(19)16-27/h6-8,15-16,27H,2-5,9-14,17,28H2,1H3,(H2,29,34). The van der Waals surface area contributed by atoms with Crippen molar-refractivity contribution in [1.82, 2.24) is 14.9 Å². The lowest BCUT2D eigenvalue weighted by molar-refractivity contribution is -0.118. The summed E-state index contributed by atoms with van der Waals surface area (Å²) >= 11 is 1.74. The highest BCUT2D eigenvalue weighted by molar-refractivity contribution is 7.19. The molecule has 0 unspecified atom stereocenters. The quantitative estimate of drug-likeness (QED) is 0.193. The van der Waals surface area contributed by atoms with Crippen molar-refractivity contribution in [1.29, 1.82) is 5.41 Å². The van der Waals surface area contributed by atoms with E-state index >= 15 is 0 Å². The Labute approximate surface area is 216 Å². The van der Waals surface area contributed by atoms with Crippen LogP contribution in [-0.2, 0) is 16.1 Å². The van der Waals surface area contributed by atoms with E-state index in [0.717, 1.165) is 73.5 Å². The highest BCUT2D eigenvalue weighted by Crippen LogP contribution is 2.36. The number of carbonyl (C=O) groups excluding carboxylic acids is 1. The number of hydrogen-bond donors (Lipinski definition) is 3. The van der Waals surface area contributed by atoms with Crippen molar-refractivity contribution in [3.63, 3.8) is 0 Å². The van der Waals surface area contributed by atoms with Crippen LogP contribution >= 0.6 is 11.3 Å². The first kappa shape index (κ1) is 26.0. The van der Waals surface area contributed by atoms with Gasteiger partial charge in [0.1, 0.15) is 0 Å². The number of amides is 1. The molecular weight excluding hydrogens is 474 g/mol. The number of nitrogens with zero attached hydrogens (tertiary/aromatic N) is 4. The first-order chi connectivity index (χ1) is 17.5. The molecule has 1 aliphatic rings. The smallest absolute Gasteiger partial charge is 0.217 e. The van der Waals surface area contributed by atoms with Crippen LogP contribution in [0.15, 0.2) is 24.3 Å².